The van der Waals surface area contributed by atoms with Crippen molar-refractivity contribution in [3.8, 4) is 0 Å². The predicted octanol–water partition coefficient (Wildman–Crippen LogP) is 3.96. The molecule has 2 heterocycles. The Morgan fingerprint density at radius 3 is 2.24 bits per heavy atom. The highest BCUT2D eigenvalue weighted by Gasteiger charge is 2.47. The van der Waals surface area contributed by atoms with E-state index >= 15 is 0 Å². The van der Waals surface area contributed by atoms with Crippen molar-refractivity contribution in [2.24, 2.45) is 22.2 Å². The van der Waals surface area contributed by atoms with E-state index in [1.54, 1.807) is 41.9 Å². The van der Waals surface area contributed by atoms with Crippen LogP contribution in [0.3, 0.4) is 0 Å². The summed E-state index contributed by atoms with van der Waals surface area (Å²) in [5.41, 5.74) is -2.18. The second-order valence-corrected chi connectivity index (χ2v) is 14.0. The SMILES string of the molecule is CCC[C@@H](CC[C@@H](C)[C@@H]1OC(=O)[C@H](C)NC(=O)[C@H]([C@@H](C)CC)N(C)C(=O)[C@]2(C)CSC(=N2)[C@H](C)NC(=O)C1(C)C)OC. The molecule has 0 saturated carbocycles. The monoisotopic (exact) mass is 610 g/mol. The Kier molecular flexibility index (Phi) is 12.9. The van der Waals surface area contributed by atoms with Gasteiger partial charge in [0, 0.05) is 19.9 Å². The number of nitrogens with one attached hydrogen (secondary N) is 2. The number of likely N-dealkylation sites (N-methyl/N-ethyl adjacent to an activating group) is 1. The maximum atomic E-state index is 13.8. The third-order valence-electron chi connectivity index (χ3n) is 8.88. The van der Waals surface area contributed by atoms with Crippen LogP contribution in [0.5, 0.6) is 0 Å². The molecular formula is C31H54N4O6S. The number of methoxy groups -OCH3 is 1. The van der Waals surface area contributed by atoms with Crippen LogP contribution in [-0.2, 0) is 28.7 Å². The highest BCUT2D eigenvalue weighted by Crippen LogP contribution is 2.35. The van der Waals surface area contributed by atoms with Gasteiger partial charge in [0.25, 0.3) is 5.91 Å². The first-order valence-corrected chi connectivity index (χ1v) is 16.4. The van der Waals surface area contributed by atoms with Crippen LogP contribution in [0.15, 0.2) is 4.99 Å². The first kappa shape index (κ1) is 36.1. The maximum absolute atomic E-state index is 13.8. The molecule has 42 heavy (non-hydrogen) atoms. The number of carbonyl (C=O) groups is 4. The van der Waals surface area contributed by atoms with Crippen molar-refractivity contribution in [3.05, 3.63) is 0 Å². The highest BCUT2D eigenvalue weighted by molar-refractivity contribution is 8.14. The predicted molar refractivity (Wildman–Crippen MR) is 167 cm³/mol. The van der Waals surface area contributed by atoms with E-state index in [2.05, 4.69) is 17.6 Å². The molecular weight excluding hydrogens is 556 g/mol. The Morgan fingerprint density at radius 1 is 1.02 bits per heavy atom. The number of aliphatic imine (C=N–C) groups is 1. The Hall–Kier alpha value is -2.14. The van der Waals surface area contributed by atoms with E-state index in [-0.39, 0.29) is 29.8 Å². The van der Waals surface area contributed by atoms with Crippen molar-refractivity contribution in [2.75, 3.05) is 19.9 Å². The van der Waals surface area contributed by atoms with Gasteiger partial charge >= 0.3 is 5.97 Å². The van der Waals surface area contributed by atoms with Crippen molar-refractivity contribution >= 4 is 40.5 Å². The van der Waals surface area contributed by atoms with Crippen molar-refractivity contribution in [1.29, 1.82) is 0 Å². The molecule has 0 spiro atoms. The first-order chi connectivity index (χ1) is 19.5. The summed E-state index contributed by atoms with van der Waals surface area (Å²) in [6.45, 7) is 16.7. The number of carbonyl (C=O) groups excluding carboxylic acids is 4. The van der Waals surface area contributed by atoms with Gasteiger partial charge in [-0.1, -0.05) is 40.5 Å². The van der Waals surface area contributed by atoms with Gasteiger partial charge < -0.3 is 25.0 Å². The molecule has 8 atom stereocenters. The zero-order valence-corrected chi connectivity index (χ0v) is 28.4. The van der Waals surface area contributed by atoms with Crippen LogP contribution >= 0.6 is 11.8 Å². The van der Waals surface area contributed by atoms with Gasteiger partial charge in [0.05, 0.1) is 22.6 Å². The van der Waals surface area contributed by atoms with Crippen LogP contribution in [0.4, 0.5) is 0 Å². The topological polar surface area (TPSA) is 126 Å². The van der Waals surface area contributed by atoms with Crippen molar-refractivity contribution in [3.63, 3.8) is 0 Å². The second-order valence-electron chi connectivity index (χ2n) is 13.0. The van der Waals surface area contributed by atoms with E-state index in [9.17, 15) is 19.2 Å². The van der Waals surface area contributed by atoms with Crippen LogP contribution < -0.4 is 10.6 Å². The van der Waals surface area contributed by atoms with Gasteiger partial charge in [-0.05, 0) is 65.7 Å². The Labute approximate surface area is 256 Å². The third-order valence-corrected chi connectivity index (χ3v) is 10.3. The molecule has 240 valence electrons. The van der Waals surface area contributed by atoms with E-state index < -0.39 is 47.1 Å². The van der Waals surface area contributed by atoms with E-state index in [0.29, 0.717) is 23.6 Å². The van der Waals surface area contributed by atoms with Crippen LogP contribution in [0, 0.1) is 17.3 Å². The van der Waals surface area contributed by atoms with Crippen LogP contribution in [0.2, 0.25) is 0 Å². The summed E-state index contributed by atoms with van der Waals surface area (Å²) < 4.78 is 11.7. The Balaban J connectivity index is 2.53. The fourth-order valence-corrected chi connectivity index (χ4v) is 7.03. The molecule has 0 saturated heterocycles. The Bertz CT molecular complexity index is 1020. The van der Waals surface area contributed by atoms with Crippen LogP contribution in [-0.4, -0.2) is 89.4 Å². The number of ether oxygens (including phenoxy) is 2. The second kappa shape index (κ2) is 15.0. The molecule has 10 nitrogen and oxygen atoms in total. The standard InChI is InChI=1S/C31H54N4O6S/c1-12-14-22(40-11)16-15-19(4)24-30(7,8)28(38)33-20(5)26-34-31(9,17-42-26)29(39)35(10)23(18(3)13-2)25(36)32-21(6)27(37)41-24/h18-24H,12-17H2,1-11H3,(H,32,36)(H,33,38)/t18-,19+,20-,21-,22-,23-,24-,31-/m0/s1. The number of cyclic esters (lactones) is 1. The minimum atomic E-state index is -1.10. The number of rotatable bonds is 9. The molecule has 2 rings (SSSR count). The van der Waals surface area contributed by atoms with E-state index in [1.807, 2.05) is 27.7 Å². The number of hydrogen-bond donors (Lipinski definition) is 2. The smallest absolute Gasteiger partial charge is 0.328 e. The van der Waals surface area contributed by atoms with E-state index in [0.717, 1.165) is 19.3 Å². The number of nitrogens with zero attached hydrogens (tertiary/aromatic N) is 2. The van der Waals surface area contributed by atoms with E-state index in [1.165, 1.54) is 16.7 Å². The molecule has 0 aromatic heterocycles. The quantitative estimate of drug-likeness (QED) is 0.379. The number of amides is 3. The molecule has 2 aliphatic heterocycles. The van der Waals surface area contributed by atoms with Crippen LogP contribution in [0.1, 0.15) is 94.4 Å². The number of hydrogen-bond acceptors (Lipinski definition) is 8. The first-order valence-electron chi connectivity index (χ1n) is 15.4. The molecule has 0 fully saturated rings. The lowest BCUT2D eigenvalue weighted by Crippen LogP contribution is -2.58. The highest BCUT2D eigenvalue weighted by atomic mass is 32.2. The molecule has 0 aliphatic carbocycles. The summed E-state index contributed by atoms with van der Waals surface area (Å²) in [4.78, 5) is 60.9. The van der Waals surface area contributed by atoms with Gasteiger partial charge in [-0.2, -0.15) is 0 Å². The molecule has 2 N–H and O–H groups in total. The average Bonchev–Trinajstić information content (AvgIpc) is 3.35. The molecule has 3 amide bonds. The lowest BCUT2D eigenvalue weighted by atomic mass is 9.77. The zero-order valence-electron chi connectivity index (χ0n) is 27.5. The minimum Gasteiger partial charge on any atom is -0.459 e. The summed E-state index contributed by atoms with van der Waals surface area (Å²) in [5.74, 6) is -1.53. The fraction of sp³-hybridized carbons (Fsp3) is 0.839. The van der Waals surface area contributed by atoms with Gasteiger partial charge in [0.1, 0.15) is 23.7 Å². The summed E-state index contributed by atoms with van der Waals surface area (Å²) >= 11 is 1.44. The molecule has 2 bridgehead atoms. The molecule has 11 heteroatoms. The molecule has 0 radical (unpaired) electrons. The summed E-state index contributed by atoms with van der Waals surface area (Å²) in [5, 5.41) is 6.52. The normalized spacial score (nSPS) is 31.5. The fourth-order valence-electron chi connectivity index (χ4n) is 5.83. The number of thioether (sulfide) groups is 1. The van der Waals surface area contributed by atoms with Gasteiger partial charge in [-0.3, -0.25) is 19.4 Å². The third kappa shape index (κ3) is 8.27. The summed E-state index contributed by atoms with van der Waals surface area (Å²) in [7, 11) is 3.32. The van der Waals surface area contributed by atoms with Gasteiger partial charge in [0.15, 0.2) is 0 Å². The van der Waals surface area contributed by atoms with Gasteiger partial charge in [0.2, 0.25) is 11.8 Å². The largest absolute Gasteiger partial charge is 0.459 e. The summed E-state index contributed by atoms with van der Waals surface area (Å²) in [6, 6.07) is -2.22. The van der Waals surface area contributed by atoms with Crippen LogP contribution in [0.25, 0.3) is 0 Å². The minimum absolute atomic E-state index is 0.0819. The van der Waals surface area contributed by atoms with Crippen molar-refractivity contribution < 1.29 is 28.7 Å². The molecule has 0 aromatic rings. The van der Waals surface area contributed by atoms with Crippen molar-refractivity contribution in [1.82, 2.24) is 15.5 Å². The van der Waals surface area contributed by atoms with Gasteiger partial charge in [-0.25, -0.2) is 4.79 Å². The number of esters is 1. The average molecular weight is 611 g/mol. The zero-order chi connectivity index (χ0) is 32.0. The number of fused-ring (bicyclic) bond motifs is 1. The molecule has 2 aliphatic rings. The lowest BCUT2D eigenvalue weighted by Gasteiger charge is -2.38. The summed E-state index contributed by atoms with van der Waals surface area (Å²) in [6.07, 6.45) is 3.35. The molecule has 0 aromatic carbocycles. The van der Waals surface area contributed by atoms with E-state index in [4.69, 9.17) is 14.5 Å². The molecule has 0 unspecified atom stereocenters. The maximum Gasteiger partial charge on any atom is 0.328 e. The Morgan fingerprint density at radius 2 is 1.67 bits per heavy atom. The lowest BCUT2D eigenvalue weighted by molar-refractivity contribution is -0.167. The van der Waals surface area contributed by atoms with Crippen molar-refractivity contribution in [2.45, 2.75) is 130 Å². The van der Waals surface area contributed by atoms with Gasteiger partial charge in [-0.15, -0.1) is 11.8 Å².